The number of nitrogens with one attached hydrogen (secondary N) is 2. The highest BCUT2D eigenvalue weighted by Gasteiger charge is 2.25. The third-order valence-corrected chi connectivity index (χ3v) is 4.89. The zero-order valence-electron chi connectivity index (χ0n) is 14.1. The predicted octanol–water partition coefficient (Wildman–Crippen LogP) is 1.39. The number of amides is 2. The molecular formula is C17H31N3O2. The van der Waals surface area contributed by atoms with Crippen molar-refractivity contribution in [1.82, 2.24) is 15.5 Å². The number of piperidine rings is 1. The van der Waals surface area contributed by atoms with Crippen molar-refractivity contribution in [1.29, 1.82) is 0 Å². The summed E-state index contributed by atoms with van der Waals surface area (Å²) < 4.78 is 0. The number of carbonyl (C=O) groups is 2. The van der Waals surface area contributed by atoms with Crippen LogP contribution in [-0.2, 0) is 9.59 Å². The number of likely N-dealkylation sites (tertiary alicyclic amines) is 1. The summed E-state index contributed by atoms with van der Waals surface area (Å²) >= 11 is 0. The molecule has 22 heavy (non-hydrogen) atoms. The molecule has 2 aliphatic heterocycles. The SMILES string of the molecule is CC(C)C(=O)NCC1CCCN(C(=O)CCC2CCNC2)C1. The van der Waals surface area contributed by atoms with Crippen molar-refractivity contribution in [3.63, 3.8) is 0 Å². The maximum Gasteiger partial charge on any atom is 0.222 e. The maximum absolute atomic E-state index is 12.4. The zero-order chi connectivity index (χ0) is 15.9. The Morgan fingerprint density at radius 1 is 1.27 bits per heavy atom. The van der Waals surface area contributed by atoms with Gasteiger partial charge < -0.3 is 15.5 Å². The van der Waals surface area contributed by atoms with Gasteiger partial charge in [-0.15, -0.1) is 0 Å². The molecule has 2 aliphatic rings. The Kier molecular flexibility index (Phi) is 6.68. The fourth-order valence-electron chi connectivity index (χ4n) is 3.35. The molecule has 0 aromatic carbocycles. The molecule has 5 nitrogen and oxygen atoms in total. The lowest BCUT2D eigenvalue weighted by atomic mass is 9.96. The van der Waals surface area contributed by atoms with Gasteiger partial charge in [0.25, 0.3) is 0 Å². The van der Waals surface area contributed by atoms with Crippen molar-refractivity contribution in [2.75, 3.05) is 32.7 Å². The average Bonchev–Trinajstić information content (AvgIpc) is 3.03. The Bertz CT molecular complexity index is 378. The quantitative estimate of drug-likeness (QED) is 0.779. The molecule has 2 rings (SSSR count). The summed E-state index contributed by atoms with van der Waals surface area (Å²) in [5.74, 6) is 1.52. The number of hydrogen-bond acceptors (Lipinski definition) is 3. The highest BCUT2D eigenvalue weighted by atomic mass is 16.2. The van der Waals surface area contributed by atoms with Gasteiger partial charge in [0.2, 0.25) is 11.8 Å². The highest BCUT2D eigenvalue weighted by molar-refractivity contribution is 5.78. The Labute approximate surface area is 134 Å². The van der Waals surface area contributed by atoms with Crippen molar-refractivity contribution in [3.8, 4) is 0 Å². The van der Waals surface area contributed by atoms with Crippen LogP contribution < -0.4 is 10.6 Å². The lowest BCUT2D eigenvalue weighted by Crippen LogP contribution is -2.44. The minimum atomic E-state index is 0.0290. The summed E-state index contributed by atoms with van der Waals surface area (Å²) in [6.07, 6.45) is 5.05. The molecule has 0 radical (unpaired) electrons. The van der Waals surface area contributed by atoms with Crippen molar-refractivity contribution in [2.24, 2.45) is 17.8 Å². The second-order valence-electron chi connectivity index (χ2n) is 7.15. The number of nitrogens with zero attached hydrogens (tertiary/aromatic N) is 1. The summed E-state index contributed by atoms with van der Waals surface area (Å²) in [6.45, 7) is 8.37. The first-order chi connectivity index (χ1) is 10.6. The smallest absolute Gasteiger partial charge is 0.222 e. The average molecular weight is 309 g/mol. The molecule has 2 atom stereocenters. The summed E-state index contributed by atoms with van der Waals surface area (Å²) in [5, 5.41) is 6.36. The molecule has 2 amide bonds. The van der Waals surface area contributed by atoms with Gasteiger partial charge in [-0.25, -0.2) is 0 Å². The molecule has 0 aromatic heterocycles. The summed E-state index contributed by atoms with van der Waals surface area (Å²) in [6, 6.07) is 0. The molecule has 2 heterocycles. The fourth-order valence-corrected chi connectivity index (χ4v) is 3.35. The van der Waals surface area contributed by atoms with E-state index in [0.29, 0.717) is 30.7 Å². The van der Waals surface area contributed by atoms with Gasteiger partial charge in [0.15, 0.2) is 0 Å². The predicted molar refractivity (Wildman–Crippen MR) is 87.4 cm³/mol. The van der Waals surface area contributed by atoms with Crippen molar-refractivity contribution >= 4 is 11.8 Å². The van der Waals surface area contributed by atoms with Crippen molar-refractivity contribution in [3.05, 3.63) is 0 Å². The van der Waals surface area contributed by atoms with E-state index in [4.69, 9.17) is 0 Å². The van der Waals surface area contributed by atoms with E-state index in [2.05, 4.69) is 10.6 Å². The normalized spacial score (nSPS) is 25.5. The Morgan fingerprint density at radius 2 is 2.09 bits per heavy atom. The fraction of sp³-hybridized carbons (Fsp3) is 0.882. The molecule has 2 fully saturated rings. The Balaban J connectivity index is 1.69. The molecule has 0 bridgehead atoms. The number of carbonyl (C=O) groups excluding carboxylic acids is 2. The topological polar surface area (TPSA) is 61.4 Å². The van der Waals surface area contributed by atoms with Gasteiger partial charge in [-0.05, 0) is 50.6 Å². The van der Waals surface area contributed by atoms with Crippen LogP contribution in [0.3, 0.4) is 0 Å². The zero-order valence-corrected chi connectivity index (χ0v) is 14.1. The molecule has 0 aromatic rings. The van der Waals surface area contributed by atoms with E-state index in [1.165, 1.54) is 6.42 Å². The molecule has 0 spiro atoms. The minimum absolute atomic E-state index is 0.0290. The van der Waals surface area contributed by atoms with Crippen molar-refractivity contribution < 1.29 is 9.59 Å². The first-order valence-electron chi connectivity index (χ1n) is 8.82. The molecule has 0 saturated carbocycles. The molecule has 2 unspecified atom stereocenters. The molecule has 2 saturated heterocycles. The third kappa shape index (κ3) is 5.27. The molecule has 126 valence electrons. The molecule has 0 aliphatic carbocycles. The van der Waals surface area contributed by atoms with Crippen LogP contribution in [-0.4, -0.2) is 49.4 Å². The van der Waals surface area contributed by atoms with Crippen LogP contribution in [0, 0.1) is 17.8 Å². The van der Waals surface area contributed by atoms with E-state index >= 15 is 0 Å². The second-order valence-corrected chi connectivity index (χ2v) is 7.15. The summed E-state index contributed by atoms with van der Waals surface area (Å²) in [4.78, 5) is 26.0. The van der Waals surface area contributed by atoms with E-state index in [9.17, 15) is 9.59 Å². The van der Waals surface area contributed by atoms with E-state index < -0.39 is 0 Å². The van der Waals surface area contributed by atoms with E-state index in [1.54, 1.807) is 0 Å². The van der Waals surface area contributed by atoms with Gasteiger partial charge in [-0.3, -0.25) is 9.59 Å². The van der Waals surface area contributed by atoms with Gasteiger partial charge in [0.1, 0.15) is 0 Å². The number of hydrogen-bond donors (Lipinski definition) is 2. The second kappa shape index (κ2) is 8.51. The van der Waals surface area contributed by atoms with E-state index in [0.717, 1.165) is 45.4 Å². The highest BCUT2D eigenvalue weighted by Crippen LogP contribution is 2.19. The van der Waals surface area contributed by atoms with Gasteiger partial charge in [-0.2, -0.15) is 0 Å². The van der Waals surface area contributed by atoms with E-state index in [-0.39, 0.29) is 11.8 Å². The van der Waals surface area contributed by atoms with Crippen LogP contribution in [0.4, 0.5) is 0 Å². The van der Waals surface area contributed by atoms with Gasteiger partial charge in [0.05, 0.1) is 0 Å². The maximum atomic E-state index is 12.4. The number of rotatable bonds is 6. The Hall–Kier alpha value is -1.10. The molecule has 5 heteroatoms. The molecular weight excluding hydrogens is 278 g/mol. The minimum Gasteiger partial charge on any atom is -0.356 e. The van der Waals surface area contributed by atoms with Crippen LogP contribution >= 0.6 is 0 Å². The largest absolute Gasteiger partial charge is 0.356 e. The first-order valence-corrected chi connectivity index (χ1v) is 8.82. The van der Waals surface area contributed by atoms with Crippen LogP contribution in [0.25, 0.3) is 0 Å². The van der Waals surface area contributed by atoms with E-state index in [1.807, 2.05) is 18.7 Å². The standard InChI is InChI=1S/C17H31N3O2/c1-13(2)17(22)19-11-15-4-3-9-20(12-15)16(21)6-5-14-7-8-18-10-14/h13-15,18H,3-12H2,1-2H3,(H,19,22). The van der Waals surface area contributed by atoms with Gasteiger partial charge in [0, 0.05) is 32.0 Å². The van der Waals surface area contributed by atoms with Crippen LogP contribution in [0.5, 0.6) is 0 Å². The molecule has 2 N–H and O–H groups in total. The summed E-state index contributed by atoms with van der Waals surface area (Å²) in [7, 11) is 0. The summed E-state index contributed by atoms with van der Waals surface area (Å²) in [5.41, 5.74) is 0. The van der Waals surface area contributed by atoms with Gasteiger partial charge in [-0.1, -0.05) is 13.8 Å². The van der Waals surface area contributed by atoms with Crippen LogP contribution in [0.15, 0.2) is 0 Å². The third-order valence-electron chi connectivity index (χ3n) is 4.89. The van der Waals surface area contributed by atoms with Crippen LogP contribution in [0.2, 0.25) is 0 Å². The first kappa shape index (κ1) is 17.3. The van der Waals surface area contributed by atoms with Gasteiger partial charge >= 0.3 is 0 Å². The van der Waals surface area contributed by atoms with Crippen LogP contribution in [0.1, 0.15) is 46.0 Å². The lowest BCUT2D eigenvalue weighted by molar-refractivity contribution is -0.133. The van der Waals surface area contributed by atoms with Crippen molar-refractivity contribution in [2.45, 2.75) is 46.0 Å². The lowest BCUT2D eigenvalue weighted by Gasteiger charge is -2.33. The Morgan fingerprint density at radius 3 is 2.77 bits per heavy atom. The monoisotopic (exact) mass is 309 g/mol.